The average molecular weight is 233 g/mol. The molecule has 0 bridgehead atoms. The Balaban J connectivity index is 2.44. The van der Waals surface area contributed by atoms with Gasteiger partial charge in [-0.15, -0.1) is 0 Å². The fourth-order valence-electron chi connectivity index (χ4n) is 2.95. The predicted molar refractivity (Wildman–Crippen MR) is 66.0 cm³/mol. The molecule has 1 saturated heterocycles. The van der Waals surface area contributed by atoms with Gasteiger partial charge in [-0.3, -0.25) is 14.9 Å². The summed E-state index contributed by atoms with van der Waals surface area (Å²) in [6.07, 6.45) is 4.22. The van der Waals surface area contributed by atoms with Gasteiger partial charge in [0, 0.05) is 5.92 Å². The Morgan fingerprint density at radius 3 is 2.41 bits per heavy atom. The van der Waals surface area contributed by atoms with Gasteiger partial charge >= 0.3 is 0 Å². The van der Waals surface area contributed by atoms with Crippen molar-refractivity contribution in [2.45, 2.75) is 27.7 Å². The van der Waals surface area contributed by atoms with E-state index >= 15 is 0 Å². The number of carbonyl (C=O) groups excluding carboxylic acids is 2. The number of hydrogen-bond donors (Lipinski definition) is 1. The molecule has 0 aromatic heterocycles. The molecule has 4 atom stereocenters. The number of fused-ring (bicyclic) bond motifs is 1. The summed E-state index contributed by atoms with van der Waals surface area (Å²) in [7, 11) is 0. The van der Waals surface area contributed by atoms with E-state index in [4.69, 9.17) is 0 Å². The van der Waals surface area contributed by atoms with Crippen molar-refractivity contribution in [2.24, 2.45) is 23.7 Å². The summed E-state index contributed by atoms with van der Waals surface area (Å²) in [6, 6.07) is 0. The quantitative estimate of drug-likeness (QED) is 0.556. The highest BCUT2D eigenvalue weighted by Crippen LogP contribution is 2.42. The van der Waals surface area contributed by atoms with Gasteiger partial charge in [0.1, 0.15) is 0 Å². The van der Waals surface area contributed by atoms with Gasteiger partial charge in [0.05, 0.1) is 11.8 Å². The number of amides is 2. The lowest BCUT2D eigenvalue weighted by Crippen LogP contribution is -2.33. The molecule has 0 radical (unpaired) electrons. The van der Waals surface area contributed by atoms with E-state index in [9.17, 15) is 9.59 Å². The third kappa shape index (κ3) is 1.94. The SMILES string of the molecule is CC(C)=C[C@@H]1C=C(C)[C@H](C)[C@@H]2C(=O)NC(=O)[C@H]12. The van der Waals surface area contributed by atoms with Gasteiger partial charge in [0.2, 0.25) is 11.8 Å². The van der Waals surface area contributed by atoms with E-state index in [1.54, 1.807) is 0 Å². The maximum absolute atomic E-state index is 11.9. The predicted octanol–water partition coefficient (Wildman–Crippen LogP) is 2.05. The Morgan fingerprint density at radius 1 is 1.24 bits per heavy atom. The molecule has 0 unspecified atom stereocenters. The molecular formula is C14H19NO2. The Hall–Kier alpha value is -1.38. The molecule has 3 nitrogen and oxygen atoms in total. The van der Waals surface area contributed by atoms with Crippen LogP contribution in [0, 0.1) is 23.7 Å². The molecule has 2 aliphatic rings. The summed E-state index contributed by atoms with van der Waals surface area (Å²) in [5.74, 6) is -0.393. The Labute approximate surface area is 102 Å². The zero-order valence-corrected chi connectivity index (χ0v) is 10.8. The summed E-state index contributed by atoms with van der Waals surface area (Å²) in [4.78, 5) is 23.7. The zero-order valence-electron chi connectivity index (χ0n) is 10.8. The molecule has 3 heteroatoms. The van der Waals surface area contributed by atoms with Crippen LogP contribution in [0.15, 0.2) is 23.3 Å². The van der Waals surface area contributed by atoms with E-state index in [0.29, 0.717) is 0 Å². The van der Waals surface area contributed by atoms with E-state index in [0.717, 1.165) is 0 Å². The van der Waals surface area contributed by atoms with Crippen LogP contribution < -0.4 is 5.32 Å². The number of rotatable bonds is 1. The van der Waals surface area contributed by atoms with Crippen molar-refractivity contribution in [3.8, 4) is 0 Å². The van der Waals surface area contributed by atoms with Crippen molar-refractivity contribution < 1.29 is 9.59 Å². The minimum atomic E-state index is -0.212. The molecule has 0 spiro atoms. The lowest BCUT2D eigenvalue weighted by atomic mass is 9.69. The van der Waals surface area contributed by atoms with Crippen LogP contribution in [-0.2, 0) is 9.59 Å². The summed E-state index contributed by atoms with van der Waals surface area (Å²) in [5, 5.41) is 2.47. The summed E-state index contributed by atoms with van der Waals surface area (Å²) < 4.78 is 0. The number of allylic oxidation sites excluding steroid dienone is 4. The molecule has 1 N–H and O–H groups in total. The molecule has 1 fully saturated rings. The molecular weight excluding hydrogens is 214 g/mol. The molecule has 2 rings (SSSR count). The molecule has 0 aromatic rings. The van der Waals surface area contributed by atoms with Crippen LogP contribution in [-0.4, -0.2) is 11.8 Å². The molecule has 1 heterocycles. The first-order valence-corrected chi connectivity index (χ1v) is 6.10. The smallest absolute Gasteiger partial charge is 0.231 e. The van der Waals surface area contributed by atoms with Crippen LogP contribution in [0.4, 0.5) is 0 Å². The van der Waals surface area contributed by atoms with E-state index in [2.05, 4.69) is 17.5 Å². The van der Waals surface area contributed by atoms with Crippen molar-refractivity contribution in [1.29, 1.82) is 0 Å². The largest absolute Gasteiger partial charge is 0.296 e. The molecule has 17 heavy (non-hydrogen) atoms. The van der Waals surface area contributed by atoms with Gasteiger partial charge < -0.3 is 0 Å². The lowest BCUT2D eigenvalue weighted by molar-refractivity contribution is -0.126. The van der Waals surface area contributed by atoms with Gasteiger partial charge in [0.25, 0.3) is 0 Å². The topological polar surface area (TPSA) is 46.2 Å². The second-order valence-electron chi connectivity index (χ2n) is 5.43. The van der Waals surface area contributed by atoms with Crippen LogP contribution in [0.3, 0.4) is 0 Å². The fraction of sp³-hybridized carbons (Fsp3) is 0.571. The maximum atomic E-state index is 11.9. The van der Waals surface area contributed by atoms with E-state index in [1.807, 2.05) is 27.7 Å². The Kier molecular flexibility index (Phi) is 2.94. The first-order valence-electron chi connectivity index (χ1n) is 6.10. The van der Waals surface area contributed by atoms with Gasteiger partial charge in [-0.05, 0) is 26.7 Å². The monoisotopic (exact) mass is 233 g/mol. The summed E-state index contributed by atoms with van der Waals surface area (Å²) >= 11 is 0. The highest BCUT2D eigenvalue weighted by atomic mass is 16.2. The number of carbonyl (C=O) groups is 2. The molecule has 0 aromatic carbocycles. The van der Waals surface area contributed by atoms with Crippen LogP contribution in [0.2, 0.25) is 0 Å². The summed E-state index contributed by atoms with van der Waals surface area (Å²) in [6.45, 7) is 8.11. The third-order valence-electron chi connectivity index (χ3n) is 3.89. The first-order chi connectivity index (χ1) is 7.91. The second kappa shape index (κ2) is 4.13. The molecule has 2 amide bonds. The van der Waals surface area contributed by atoms with E-state index < -0.39 is 0 Å². The molecule has 1 aliphatic carbocycles. The maximum Gasteiger partial charge on any atom is 0.231 e. The van der Waals surface area contributed by atoms with Crippen molar-refractivity contribution in [2.75, 3.05) is 0 Å². The number of nitrogens with one attached hydrogen (secondary N) is 1. The van der Waals surface area contributed by atoms with Gasteiger partial charge in [-0.1, -0.05) is 30.2 Å². The van der Waals surface area contributed by atoms with Crippen molar-refractivity contribution >= 4 is 11.8 Å². The molecule has 92 valence electrons. The highest BCUT2D eigenvalue weighted by Gasteiger charge is 2.49. The molecule has 0 saturated carbocycles. The average Bonchev–Trinajstić information content (AvgIpc) is 2.49. The first kappa shape index (κ1) is 12.1. The van der Waals surface area contributed by atoms with Crippen molar-refractivity contribution in [1.82, 2.24) is 5.32 Å². The minimum absolute atomic E-state index is 0.0626. The third-order valence-corrected chi connectivity index (χ3v) is 3.89. The number of hydrogen-bond acceptors (Lipinski definition) is 2. The van der Waals surface area contributed by atoms with Gasteiger partial charge in [-0.25, -0.2) is 0 Å². The van der Waals surface area contributed by atoms with Crippen LogP contribution >= 0.6 is 0 Å². The number of imide groups is 1. The van der Waals surface area contributed by atoms with Gasteiger partial charge in [0.15, 0.2) is 0 Å². The normalized spacial score (nSPS) is 36.1. The zero-order chi connectivity index (χ0) is 12.7. The molecule has 1 aliphatic heterocycles. The van der Waals surface area contributed by atoms with Gasteiger partial charge in [-0.2, -0.15) is 0 Å². The van der Waals surface area contributed by atoms with Crippen LogP contribution in [0.1, 0.15) is 27.7 Å². The highest BCUT2D eigenvalue weighted by molar-refractivity contribution is 6.06. The Bertz CT molecular complexity index is 430. The standard InChI is InChI=1S/C14H19NO2/c1-7(2)5-10-6-8(3)9(4)11-12(10)14(17)15-13(11)16/h5-6,9-12H,1-4H3,(H,15,16,17)/t9-,10+,11-,12+/m0/s1. The van der Waals surface area contributed by atoms with Crippen molar-refractivity contribution in [3.63, 3.8) is 0 Å². The van der Waals surface area contributed by atoms with E-state index in [1.165, 1.54) is 11.1 Å². The fourth-order valence-corrected chi connectivity index (χ4v) is 2.95. The summed E-state index contributed by atoms with van der Waals surface area (Å²) in [5.41, 5.74) is 2.39. The lowest BCUT2D eigenvalue weighted by Gasteiger charge is -2.32. The van der Waals surface area contributed by atoms with Crippen LogP contribution in [0.25, 0.3) is 0 Å². The van der Waals surface area contributed by atoms with E-state index in [-0.39, 0.29) is 35.5 Å². The van der Waals surface area contributed by atoms with Crippen molar-refractivity contribution in [3.05, 3.63) is 23.3 Å². The second-order valence-corrected chi connectivity index (χ2v) is 5.43. The minimum Gasteiger partial charge on any atom is -0.296 e. The Morgan fingerprint density at radius 2 is 1.82 bits per heavy atom. The van der Waals surface area contributed by atoms with Crippen LogP contribution in [0.5, 0.6) is 0 Å².